The standard InChI is InChI=1S/C13H19Br2NOS/c1-8(13(2,3)4)16(5)7-10(17)9-6-11(14)18-12(9)15/h6,8H,7H2,1-5H3. The number of Topliss-reactive ketones (excluding diaryl/α,β-unsaturated/α-hetero) is 1. The Balaban J connectivity index is 2.74. The molecule has 1 unspecified atom stereocenters. The van der Waals surface area contributed by atoms with Crippen LogP contribution in [0.25, 0.3) is 0 Å². The van der Waals surface area contributed by atoms with E-state index in [4.69, 9.17) is 0 Å². The van der Waals surface area contributed by atoms with E-state index in [9.17, 15) is 4.79 Å². The largest absolute Gasteiger partial charge is 0.296 e. The number of halogens is 2. The molecule has 0 N–H and O–H groups in total. The normalized spacial score (nSPS) is 14.0. The van der Waals surface area contributed by atoms with E-state index in [2.05, 4.69) is 64.5 Å². The minimum Gasteiger partial charge on any atom is -0.296 e. The van der Waals surface area contributed by atoms with Gasteiger partial charge in [0.05, 0.1) is 14.1 Å². The molecule has 18 heavy (non-hydrogen) atoms. The van der Waals surface area contributed by atoms with Gasteiger partial charge in [-0.25, -0.2) is 0 Å². The molecule has 1 rings (SSSR count). The number of rotatable bonds is 4. The summed E-state index contributed by atoms with van der Waals surface area (Å²) in [4.78, 5) is 14.3. The van der Waals surface area contributed by atoms with E-state index in [1.54, 1.807) is 0 Å². The predicted molar refractivity (Wildman–Crippen MR) is 85.6 cm³/mol. The van der Waals surface area contributed by atoms with Crippen LogP contribution in [0.2, 0.25) is 0 Å². The van der Waals surface area contributed by atoms with Crippen LogP contribution in [0, 0.1) is 5.41 Å². The third-order valence-electron chi connectivity index (χ3n) is 3.26. The lowest BCUT2D eigenvalue weighted by Crippen LogP contribution is -2.41. The topological polar surface area (TPSA) is 20.3 Å². The van der Waals surface area contributed by atoms with Crippen molar-refractivity contribution in [3.8, 4) is 0 Å². The van der Waals surface area contributed by atoms with Crippen molar-refractivity contribution >= 4 is 49.0 Å². The molecular formula is C13H19Br2NOS. The monoisotopic (exact) mass is 395 g/mol. The van der Waals surface area contributed by atoms with Crippen molar-refractivity contribution in [2.75, 3.05) is 13.6 Å². The maximum atomic E-state index is 12.2. The number of hydrogen-bond donors (Lipinski definition) is 0. The first-order valence-electron chi connectivity index (χ1n) is 5.81. The summed E-state index contributed by atoms with van der Waals surface area (Å²) in [5, 5.41) is 0. The zero-order valence-electron chi connectivity index (χ0n) is 11.4. The van der Waals surface area contributed by atoms with E-state index in [1.165, 1.54) is 11.3 Å². The first-order valence-corrected chi connectivity index (χ1v) is 8.21. The molecule has 5 heteroatoms. The van der Waals surface area contributed by atoms with E-state index in [0.29, 0.717) is 12.6 Å². The van der Waals surface area contributed by atoms with Gasteiger partial charge in [-0.15, -0.1) is 11.3 Å². The Bertz CT molecular complexity index is 437. The molecule has 1 heterocycles. The third kappa shape index (κ3) is 4.15. The number of carbonyl (C=O) groups excluding carboxylic acids is 1. The van der Waals surface area contributed by atoms with Gasteiger partial charge >= 0.3 is 0 Å². The van der Waals surface area contributed by atoms with Gasteiger partial charge in [-0.05, 0) is 57.3 Å². The molecule has 2 nitrogen and oxygen atoms in total. The molecule has 0 aliphatic rings. The van der Waals surface area contributed by atoms with Crippen LogP contribution in [0.4, 0.5) is 0 Å². The molecule has 0 saturated carbocycles. The smallest absolute Gasteiger partial charge is 0.178 e. The van der Waals surface area contributed by atoms with Gasteiger partial charge < -0.3 is 0 Å². The molecule has 1 atom stereocenters. The van der Waals surface area contributed by atoms with Crippen LogP contribution in [0.1, 0.15) is 38.1 Å². The fraction of sp³-hybridized carbons (Fsp3) is 0.615. The summed E-state index contributed by atoms with van der Waals surface area (Å²) in [6, 6.07) is 2.23. The lowest BCUT2D eigenvalue weighted by atomic mass is 9.87. The summed E-state index contributed by atoms with van der Waals surface area (Å²) < 4.78 is 1.88. The van der Waals surface area contributed by atoms with Gasteiger partial charge in [0.2, 0.25) is 0 Å². The highest BCUT2D eigenvalue weighted by atomic mass is 79.9. The van der Waals surface area contributed by atoms with Gasteiger partial charge in [-0.1, -0.05) is 20.8 Å². The van der Waals surface area contributed by atoms with Gasteiger partial charge in [-0.3, -0.25) is 9.69 Å². The van der Waals surface area contributed by atoms with E-state index in [-0.39, 0.29) is 11.2 Å². The van der Waals surface area contributed by atoms with E-state index in [1.807, 2.05) is 13.1 Å². The Labute approximate surface area is 130 Å². The maximum Gasteiger partial charge on any atom is 0.178 e. The molecule has 1 aromatic heterocycles. The van der Waals surface area contributed by atoms with Crippen molar-refractivity contribution < 1.29 is 4.79 Å². The van der Waals surface area contributed by atoms with Gasteiger partial charge in [-0.2, -0.15) is 0 Å². The molecule has 0 fully saturated rings. The first-order chi connectivity index (χ1) is 8.12. The Hall–Kier alpha value is 0.290. The Morgan fingerprint density at radius 2 is 2.00 bits per heavy atom. The molecule has 0 aromatic carbocycles. The van der Waals surface area contributed by atoms with E-state index >= 15 is 0 Å². The lowest BCUT2D eigenvalue weighted by Gasteiger charge is -2.34. The molecule has 0 aliphatic heterocycles. The van der Waals surface area contributed by atoms with Crippen LogP contribution >= 0.6 is 43.2 Å². The maximum absolute atomic E-state index is 12.2. The van der Waals surface area contributed by atoms with Crippen molar-refractivity contribution in [3.05, 3.63) is 19.2 Å². The van der Waals surface area contributed by atoms with E-state index < -0.39 is 0 Å². The first kappa shape index (κ1) is 16.3. The van der Waals surface area contributed by atoms with Crippen LogP contribution < -0.4 is 0 Å². The highest BCUT2D eigenvalue weighted by Crippen LogP contribution is 2.32. The molecule has 0 radical (unpaired) electrons. The van der Waals surface area contributed by atoms with Crippen molar-refractivity contribution in [1.82, 2.24) is 4.90 Å². The molecule has 0 bridgehead atoms. The summed E-state index contributed by atoms with van der Waals surface area (Å²) >= 11 is 8.37. The van der Waals surface area contributed by atoms with Crippen molar-refractivity contribution in [2.24, 2.45) is 5.41 Å². The molecular weight excluding hydrogens is 378 g/mol. The zero-order chi connectivity index (χ0) is 14.1. The predicted octanol–water partition coefficient (Wildman–Crippen LogP) is 4.82. The van der Waals surface area contributed by atoms with Crippen LogP contribution in [0.5, 0.6) is 0 Å². The van der Waals surface area contributed by atoms with Crippen molar-refractivity contribution in [2.45, 2.75) is 33.7 Å². The number of ketones is 1. The summed E-state index contributed by atoms with van der Waals surface area (Å²) in [5.74, 6) is 0.155. The van der Waals surface area contributed by atoms with Crippen LogP contribution in [0.15, 0.2) is 13.6 Å². The fourth-order valence-corrected chi connectivity index (χ4v) is 4.50. The summed E-state index contributed by atoms with van der Waals surface area (Å²) in [5.41, 5.74) is 0.932. The number of carbonyl (C=O) groups is 1. The second kappa shape index (κ2) is 6.16. The van der Waals surface area contributed by atoms with Gasteiger partial charge in [0, 0.05) is 11.6 Å². The SMILES string of the molecule is CC(N(C)CC(=O)c1cc(Br)sc1Br)C(C)(C)C. The fourth-order valence-electron chi connectivity index (χ4n) is 1.64. The number of likely N-dealkylation sites (N-methyl/N-ethyl adjacent to an activating group) is 1. The Morgan fingerprint density at radius 3 is 2.39 bits per heavy atom. The second-order valence-corrected chi connectivity index (χ2v) is 9.37. The van der Waals surface area contributed by atoms with Crippen molar-refractivity contribution in [1.29, 1.82) is 0 Å². The van der Waals surface area contributed by atoms with Gasteiger partial charge in [0.25, 0.3) is 0 Å². The number of nitrogens with zero attached hydrogens (tertiary/aromatic N) is 1. The quantitative estimate of drug-likeness (QED) is 0.679. The minimum atomic E-state index is 0.155. The summed E-state index contributed by atoms with van der Waals surface area (Å²) in [6.07, 6.45) is 0. The highest BCUT2D eigenvalue weighted by Gasteiger charge is 2.26. The molecule has 1 aromatic rings. The van der Waals surface area contributed by atoms with Gasteiger partial charge in [0.1, 0.15) is 0 Å². The molecule has 0 spiro atoms. The van der Waals surface area contributed by atoms with Crippen LogP contribution in [0.3, 0.4) is 0 Å². The molecule has 102 valence electrons. The summed E-state index contributed by atoms with van der Waals surface area (Å²) in [7, 11) is 2.00. The highest BCUT2D eigenvalue weighted by molar-refractivity contribution is 9.12. The van der Waals surface area contributed by atoms with E-state index in [0.717, 1.165) is 13.1 Å². The minimum absolute atomic E-state index is 0.155. The summed E-state index contributed by atoms with van der Waals surface area (Å²) in [6.45, 7) is 9.17. The average molecular weight is 397 g/mol. The molecule has 0 aliphatic carbocycles. The van der Waals surface area contributed by atoms with Crippen LogP contribution in [-0.4, -0.2) is 30.3 Å². The number of hydrogen-bond acceptors (Lipinski definition) is 3. The van der Waals surface area contributed by atoms with Crippen LogP contribution in [-0.2, 0) is 0 Å². The molecule has 0 amide bonds. The number of thiophene rings is 1. The second-order valence-electron chi connectivity index (χ2n) is 5.62. The molecule has 0 saturated heterocycles. The Morgan fingerprint density at radius 1 is 1.44 bits per heavy atom. The zero-order valence-corrected chi connectivity index (χ0v) is 15.4. The lowest BCUT2D eigenvalue weighted by molar-refractivity contribution is 0.0853. The van der Waals surface area contributed by atoms with Gasteiger partial charge in [0.15, 0.2) is 5.78 Å². The third-order valence-corrected chi connectivity index (χ3v) is 5.60. The Kier molecular flexibility index (Phi) is 5.59. The average Bonchev–Trinajstić information content (AvgIpc) is 2.55. The van der Waals surface area contributed by atoms with Crippen molar-refractivity contribution in [3.63, 3.8) is 0 Å².